The highest BCUT2D eigenvalue weighted by atomic mass is 79.9. The molecule has 2 rings (SSSR count). The number of nitrogens with zero attached hydrogens (tertiary/aromatic N) is 2. The van der Waals surface area contributed by atoms with Crippen LogP contribution in [-0.4, -0.2) is 15.8 Å². The summed E-state index contributed by atoms with van der Waals surface area (Å²) in [6, 6.07) is 6.55. The zero-order valence-electron chi connectivity index (χ0n) is 10.7. The van der Waals surface area contributed by atoms with Gasteiger partial charge in [0, 0.05) is 16.7 Å². The Bertz CT molecular complexity index is 534. The van der Waals surface area contributed by atoms with Gasteiger partial charge in [0.25, 0.3) is 0 Å². The number of hydrogen-bond donors (Lipinski definition) is 1. The zero-order chi connectivity index (χ0) is 13.1. The molecule has 0 bridgehead atoms. The molecule has 1 atom stereocenters. The molecule has 0 saturated carbocycles. The summed E-state index contributed by atoms with van der Waals surface area (Å²) in [5, 5.41) is 4.32. The van der Waals surface area contributed by atoms with Gasteiger partial charge in [0.15, 0.2) is 0 Å². The predicted molar refractivity (Wildman–Crippen MR) is 78.0 cm³/mol. The lowest BCUT2D eigenvalue weighted by molar-refractivity contribution is 0.646. The minimum Gasteiger partial charge on any atom is -0.327 e. The first-order valence-electron chi connectivity index (χ1n) is 6.15. The number of halogens is 1. The van der Waals surface area contributed by atoms with Crippen molar-refractivity contribution in [3.05, 3.63) is 46.2 Å². The number of benzene rings is 1. The fourth-order valence-electron chi connectivity index (χ4n) is 1.85. The Hall–Kier alpha value is -1.13. The molecule has 0 fully saturated rings. The first kappa shape index (κ1) is 13.3. The van der Waals surface area contributed by atoms with Crippen LogP contribution < -0.4 is 5.73 Å². The van der Waals surface area contributed by atoms with Gasteiger partial charge in [-0.1, -0.05) is 13.0 Å². The second-order valence-electron chi connectivity index (χ2n) is 4.62. The first-order valence-corrected chi connectivity index (χ1v) is 6.95. The molecule has 1 unspecified atom stereocenters. The molecular formula is C14H18BrN3. The number of aryl methyl sites for hydroxylation is 1. The van der Waals surface area contributed by atoms with Crippen LogP contribution in [0.2, 0.25) is 0 Å². The van der Waals surface area contributed by atoms with E-state index >= 15 is 0 Å². The Morgan fingerprint density at radius 3 is 2.78 bits per heavy atom. The van der Waals surface area contributed by atoms with E-state index in [1.165, 1.54) is 5.56 Å². The first-order chi connectivity index (χ1) is 8.60. The molecular weight excluding hydrogens is 290 g/mol. The van der Waals surface area contributed by atoms with E-state index in [-0.39, 0.29) is 6.04 Å². The van der Waals surface area contributed by atoms with Crippen molar-refractivity contribution in [1.82, 2.24) is 9.78 Å². The molecule has 0 aliphatic rings. The van der Waals surface area contributed by atoms with Crippen molar-refractivity contribution in [1.29, 1.82) is 0 Å². The van der Waals surface area contributed by atoms with Crippen molar-refractivity contribution in [3.63, 3.8) is 0 Å². The molecule has 2 aromatic rings. The van der Waals surface area contributed by atoms with Crippen LogP contribution in [0.4, 0.5) is 0 Å². The van der Waals surface area contributed by atoms with Crippen molar-refractivity contribution in [2.24, 2.45) is 5.73 Å². The molecule has 0 spiro atoms. The summed E-state index contributed by atoms with van der Waals surface area (Å²) >= 11 is 3.60. The maximum atomic E-state index is 5.97. The van der Waals surface area contributed by atoms with Crippen LogP contribution in [0.1, 0.15) is 24.5 Å². The fraction of sp³-hybridized carbons (Fsp3) is 0.357. The van der Waals surface area contributed by atoms with Crippen molar-refractivity contribution in [2.45, 2.75) is 32.7 Å². The van der Waals surface area contributed by atoms with Gasteiger partial charge in [-0.05, 0) is 59.0 Å². The largest absolute Gasteiger partial charge is 0.327 e. The average molecular weight is 308 g/mol. The summed E-state index contributed by atoms with van der Waals surface area (Å²) in [5.41, 5.74) is 9.43. The van der Waals surface area contributed by atoms with Crippen molar-refractivity contribution in [3.8, 4) is 5.69 Å². The van der Waals surface area contributed by atoms with Crippen LogP contribution in [0.5, 0.6) is 0 Å². The Morgan fingerprint density at radius 1 is 1.44 bits per heavy atom. The zero-order valence-corrected chi connectivity index (χ0v) is 12.3. The van der Waals surface area contributed by atoms with Crippen LogP contribution in [0.3, 0.4) is 0 Å². The highest BCUT2D eigenvalue weighted by molar-refractivity contribution is 9.10. The molecule has 1 aromatic carbocycles. The molecule has 0 saturated heterocycles. The van der Waals surface area contributed by atoms with Gasteiger partial charge in [0.2, 0.25) is 0 Å². The molecule has 0 aliphatic heterocycles. The monoisotopic (exact) mass is 307 g/mol. The molecule has 2 N–H and O–H groups in total. The van der Waals surface area contributed by atoms with Crippen LogP contribution in [0.25, 0.3) is 5.69 Å². The fourth-order valence-corrected chi connectivity index (χ4v) is 2.46. The summed E-state index contributed by atoms with van der Waals surface area (Å²) in [5.74, 6) is 0. The van der Waals surface area contributed by atoms with Gasteiger partial charge in [-0.2, -0.15) is 5.10 Å². The van der Waals surface area contributed by atoms with Crippen LogP contribution in [0.15, 0.2) is 35.1 Å². The molecule has 3 nitrogen and oxygen atoms in total. The third kappa shape index (κ3) is 3.00. The molecule has 1 aromatic heterocycles. The van der Waals surface area contributed by atoms with Crippen molar-refractivity contribution < 1.29 is 0 Å². The topological polar surface area (TPSA) is 43.8 Å². The summed E-state index contributed by atoms with van der Waals surface area (Å²) in [6.45, 7) is 4.15. The normalized spacial score (nSPS) is 12.7. The van der Waals surface area contributed by atoms with E-state index in [2.05, 4.69) is 46.2 Å². The number of hydrogen-bond acceptors (Lipinski definition) is 2. The number of rotatable bonds is 4. The van der Waals surface area contributed by atoms with E-state index in [0.29, 0.717) is 0 Å². The van der Waals surface area contributed by atoms with Gasteiger partial charge in [0.05, 0.1) is 11.9 Å². The SMILES string of the molecule is CCC(N)Cc1ccc(-n2cc(C)cn2)c(Br)c1. The molecule has 4 heteroatoms. The molecule has 0 radical (unpaired) electrons. The van der Waals surface area contributed by atoms with Gasteiger partial charge in [0.1, 0.15) is 0 Å². The van der Waals surface area contributed by atoms with Crippen LogP contribution in [0, 0.1) is 6.92 Å². The molecule has 96 valence electrons. The van der Waals surface area contributed by atoms with Crippen molar-refractivity contribution in [2.75, 3.05) is 0 Å². The third-order valence-corrected chi connectivity index (χ3v) is 3.63. The molecule has 18 heavy (non-hydrogen) atoms. The minimum atomic E-state index is 0.231. The van der Waals surface area contributed by atoms with E-state index in [1.807, 2.05) is 24.0 Å². The Labute approximate surface area is 116 Å². The lowest BCUT2D eigenvalue weighted by Gasteiger charge is -2.11. The Kier molecular flexibility index (Phi) is 4.19. The highest BCUT2D eigenvalue weighted by Crippen LogP contribution is 2.23. The average Bonchev–Trinajstić information content (AvgIpc) is 2.75. The van der Waals surface area contributed by atoms with E-state index in [4.69, 9.17) is 5.73 Å². The van der Waals surface area contributed by atoms with E-state index in [1.54, 1.807) is 0 Å². The van der Waals surface area contributed by atoms with Crippen LogP contribution in [-0.2, 0) is 6.42 Å². The Balaban J connectivity index is 2.25. The van der Waals surface area contributed by atoms with Gasteiger partial charge < -0.3 is 5.73 Å². The summed E-state index contributed by atoms with van der Waals surface area (Å²) in [7, 11) is 0. The summed E-state index contributed by atoms with van der Waals surface area (Å²) < 4.78 is 2.93. The van der Waals surface area contributed by atoms with Gasteiger partial charge >= 0.3 is 0 Å². The predicted octanol–water partition coefficient (Wildman–Crippen LogP) is 3.22. The molecule has 0 aliphatic carbocycles. The van der Waals surface area contributed by atoms with E-state index in [9.17, 15) is 0 Å². The third-order valence-electron chi connectivity index (χ3n) is 2.99. The standard InChI is InChI=1S/C14H18BrN3/c1-3-12(16)6-11-4-5-14(13(15)7-11)18-9-10(2)8-17-18/h4-5,7-9,12H,3,6,16H2,1-2H3. The number of nitrogens with two attached hydrogens (primary N) is 1. The molecule has 0 amide bonds. The quantitative estimate of drug-likeness (QED) is 0.942. The second-order valence-corrected chi connectivity index (χ2v) is 5.47. The van der Waals surface area contributed by atoms with Gasteiger partial charge in [-0.15, -0.1) is 0 Å². The van der Waals surface area contributed by atoms with E-state index < -0.39 is 0 Å². The maximum Gasteiger partial charge on any atom is 0.0787 e. The molecule has 1 heterocycles. The highest BCUT2D eigenvalue weighted by Gasteiger charge is 2.07. The van der Waals surface area contributed by atoms with Gasteiger partial charge in [-0.25, -0.2) is 4.68 Å². The van der Waals surface area contributed by atoms with Crippen molar-refractivity contribution >= 4 is 15.9 Å². The summed E-state index contributed by atoms with van der Waals surface area (Å²) in [6.07, 6.45) is 5.77. The summed E-state index contributed by atoms with van der Waals surface area (Å²) in [4.78, 5) is 0. The lowest BCUT2D eigenvalue weighted by atomic mass is 10.0. The number of aromatic nitrogens is 2. The minimum absolute atomic E-state index is 0.231. The van der Waals surface area contributed by atoms with Gasteiger partial charge in [-0.3, -0.25) is 0 Å². The maximum absolute atomic E-state index is 5.97. The lowest BCUT2D eigenvalue weighted by Crippen LogP contribution is -2.21. The van der Waals surface area contributed by atoms with E-state index in [0.717, 1.165) is 28.6 Å². The Morgan fingerprint density at radius 2 is 2.22 bits per heavy atom. The second kappa shape index (κ2) is 5.67. The smallest absolute Gasteiger partial charge is 0.0787 e. The van der Waals surface area contributed by atoms with Crippen LogP contribution >= 0.6 is 15.9 Å².